The molecular formula is C15H18N2O2. The summed E-state index contributed by atoms with van der Waals surface area (Å²) in [4.78, 5) is 25.2. The molecule has 4 heteroatoms. The van der Waals surface area contributed by atoms with E-state index in [4.69, 9.17) is 5.73 Å². The lowest BCUT2D eigenvalue weighted by Gasteiger charge is -2.47. The molecule has 3 rings (SSSR count). The molecule has 2 heterocycles. The summed E-state index contributed by atoms with van der Waals surface area (Å²) >= 11 is 0. The normalized spacial score (nSPS) is 26.3. The van der Waals surface area contributed by atoms with Crippen LogP contribution >= 0.6 is 0 Å². The first-order chi connectivity index (χ1) is 9.15. The molecule has 2 bridgehead atoms. The van der Waals surface area contributed by atoms with E-state index in [1.807, 2.05) is 12.1 Å². The largest absolute Gasteiger partial charge is 0.366 e. The summed E-state index contributed by atoms with van der Waals surface area (Å²) in [6, 6.07) is 8.09. The van der Waals surface area contributed by atoms with Crippen molar-refractivity contribution in [1.82, 2.24) is 0 Å². The van der Waals surface area contributed by atoms with Gasteiger partial charge in [0.2, 0.25) is 5.91 Å². The number of anilines is 1. The molecule has 2 fully saturated rings. The molecule has 1 amide bonds. The number of nitrogens with zero attached hydrogens (tertiary/aromatic N) is 1. The monoisotopic (exact) mass is 258 g/mol. The highest BCUT2D eigenvalue weighted by atomic mass is 16.1. The van der Waals surface area contributed by atoms with Gasteiger partial charge < -0.3 is 10.6 Å². The number of carbonyl (C=O) groups excluding carboxylic acids is 2. The zero-order chi connectivity index (χ0) is 13.4. The molecule has 0 spiro atoms. The van der Waals surface area contributed by atoms with Gasteiger partial charge >= 0.3 is 0 Å². The average molecular weight is 258 g/mol. The Labute approximate surface area is 112 Å². The van der Waals surface area contributed by atoms with Crippen LogP contribution in [-0.4, -0.2) is 23.8 Å². The van der Waals surface area contributed by atoms with E-state index < -0.39 is 5.91 Å². The highest BCUT2D eigenvalue weighted by Crippen LogP contribution is 2.36. The zero-order valence-corrected chi connectivity index (χ0v) is 10.8. The minimum absolute atomic E-state index is 0.333. The van der Waals surface area contributed by atoms with Crippen LogP contribution in [0.2, 0.25) is 0 Å². The van der Waals surface area contributed by atoms with Crippen molar-refractivity contribution < 1.29 is 9.59 Å². The van der Waals surface area contributed by atoms with Crippen LogP contribution in [0.3, 0.4) is 0 Å². The third kappa shape index (κ3) is 2.23. The summed E-state index contributed by atoms with van der Waals surface area (Å²) in [7, 11) is 0. The fraction of sp³-hybridized carbons (Fsp3) is 0.467. The summed E-state index contributed by atoms with van der Waals surface area (Å²) in [5.74, 6) is -0.0136. The molecule has 2 saturated heterocycles. The maximum absolute atomic E-state index is 11.7. The molecule has 0 saturated carbocycles. The van der Waals surface area contributed by atoms with Crippen LogP contribution in [0.15, 0.2) is 24.3 Å². The van der Waals surface area contributed by atoms with Crippen LogP contribution < -0.4 is 10.6 Å². The van der Waals surface area contributed by atoms with E-state index in [2.05, 4.69) is 4.90 Å². The fourth-order valence-corrected chi connectivity index (χ4v) is 3.39. The molecule has 4 nitrogen and oxygen atoms in total. The molecule has 2 unspecified atom stereocenters. The number of hydrogen-bond donors (Lipinski definition) is 1. The standard InChI is InChI=1S/C15H18N2O2/c16-15(19)10-4-6-11(7-5-10)17-12-2-1-3-13(17)9-14(18)8-12/h4-7,12-13H,1-3,8-9H2,(H2,16,19). The second kappa shape index (κ2) is 4.68. The first-order valence-corrected chi connectivity index (χ1v) is 6.85. The maximum Gasteiger partial charge on any atom is 0.248 e. The maximum atomic E-state index is 11.7. The molecule has 19 heavy (non-hydrogen) atoms. The van der Waals surface area contributed by atoms with Crippen molar-refractivity contribution in [2.75, 3.05) is 4.90 Å². The Bertz CT molecular complexity index is 493. The Morgan fingerprint density at radius 2 is 1.68 bits per heavy atom. The van der Waals surface area contributed by atoms with Crippen LogP contribution in [0.25, 0.3) is 0 Å². The molecule has 2 N–H and O–H groups in total. The third-order valence-electron chi connectivity index (χ3n) is 4.24. The number of benzene rings is 1. The van der Waals surface area contributed by atoms with E-state index in [0.29, 0.717) is 36.3 Å². The highest BCUT2D eigenvalue weighted by Gasteiger charge is 2.37. The SMILES string of the molecule is NC(=O)c1ccc(N2C3CCCC2CC(=O)C3)cc1. The smallest absolute Gasteiger partial charge is 0.248 e. The van der Waals surface area contributed by atoms with Gasteiger partial charge in [0.25, 0.3) is 0 Å². The van der Waals surface area contributed by atoms with E-state index in [1.54, 1.807) is 12.1 Å². The van der Waals surface area contributed by atoms with Crippen molar-refractivity contribution in [2.45, 2.75) is 44.2 Å². The minimum atomic E-state index is -0.402. The van der Waals surface area contributed by atoms with Crippen LogP contribution in [0.1, 0.15) is 42.5 Å². The number of nitrogens with two attached hydrogens (primary N) is 1. The lowest BCUT2D eigenvalue weighted by Crippen LogP contribution is -2.52. The van der Waals surface area contributed by atoms with Gasteiger partial charge in [-0.05, 0) is 43.5 Å². The number of rotatable bonds is 2. The molecule has 0 aliphatic carbocycles. The van der Waals surface area contributed by atoms with Crippen molar-refractivity contribution in [1.29, 1.82) is 0 Å². The molecule has 100 valence electrons. The quantitative estimate of drug-likeness (QED) is 0.881. The number of ketones is 1. The third-order valence-corrected chi connectivity index (χ3v) is 4.24. The average Bonchev–Trinajstić information content (AvgIpc) is 2.37. The van der Waals surface area contributed by atoms with E-state index in [0.717, 1.165) is 18.5 Å². The molecular weight excluding hydrogens is 240 g/mol. The molecule has 2 aliphatic rings. The number of amides is 1. The number of piperidine rings is 2. The Morgan fingerprint density at radius 1 is 1.11 bits per heavy atom. The molecule has 1 aromatic rings. The molecule has 2 aliphatic heterocycles. The van der Waals surface area contributed by atoms with Gasteiger partial charge in [-0.25, -0.2) is 0 Å². The first kappa shape index (κ1) is 12.2. The van der Waals surface area contributed by atoms with Crippen LogP contribution in [-0.2, 0) is 4.79 Å². The molecule has 2 atom stereocenters. The zero-order valence-electron chi connectivity index (χ0n) is 10.8. The Morgan fingerprint density at radius 3 is 2.21 bits per heavy atom. The van der Waals surface area contributed by atoms with Crippen LogP contribution in [0, 0.1) is 0 Å². The number of fused-ring (bicyclic) bond motifs is 2. The molecule has 0 aromatic heterocycles. The van der Waals surface area contributed by atoms with Crippen molar-refractivity contribution in [3.05, 3.63) is 29.8 Å². The number of primary amides is 1. The van der Waals surface area contributed by atoms with Crippen LogP contribution in [0.5, 0.6) is 0 Å². The summed E-state index contributed by atoms with van der Waals surface area (Å²) < 4.78 is 0. The number of carbonyl (C=O) groups is 2. The topological polar surface area (TPSA) is 63.4 Å². The van der Waals surface area contributed by atoms with Crippen molar-refractivity contribution >= 4 is 17.4 Å². The molecule has 1 aromatic carbocycles. The van der Waals surface area contributed by atoms with Crippen molar-refractivity contribution in [2.24, 2.45) is 5.73 Å². The lowest BCUT2D eigenvalue weighted by molar-refractivity contribution is -0.121. The van der Waals surface area contributed by atoms with Crippen LogP contribution in [0.4, 0.5) is 5.69 Å². The second-order valence-corrected chi connectivity index (χ2v) is 5.50. The van der Waals surface area contributed by atoms with Gasteiger partial charge in [-0.3, -0.25) is 9.59 Å². The predicted molar refractivity (Wildman–Crippen MR) is 73.1 cm³/mol. The van der Waals surface area contributed by atoms with E-state index in [9.17, 15) is 9.59 Å². The van der Waals surface area contributed by atoms with Gasteiger partial charge in [0, 0.05) is 36.2 Å². The van der Waals surface area contributed by atoms with Gasteiger partial charge in [-0.2, -0.15) is 0 Å². The van der Waals surface area contributed by atoms with Gasteiger partial charge in [-0.1, -0.05) is 0 Å². The van der Waals surface area contributed by atoms with Gasteiger partial charge in [-0.15, -0.1) is 0 Å². The Balaban J connectivity index is 1.88. The summed E-state index contributed by atoms with van der Waals surface area (Å²) in [5.41, 5.74) is 6.89. The first-order valence-electron chi connectivity index (χ1n) is 6.85. The van der Waals surface area contributed by atoms with E-state index in [1.165, 1.54) is 6.42 Å². The van der Waals surface area contributed by atoms with Gasteiger partial charge in [0.05, 0.1) is 0 Å². The summed E-state index contributed by atoms with van der Waals surface area (Å²) in [5, 5.41) is 0. The lowest BCUT2D eigenvalue weighted by atomic mass is 9.83. The number of hydrogen-bond acceptors (Lipinski definition) is 3. The van der Waals surface area contributed by atoms with Gasteiger partial charge in [0.15, 0.2) is 0 Å². The minimum Gasteiger partial charge on any atom is -0.366 e. The highest BCUT2D eigenvalue weighted by molar-refractivity contribution is 5.93. The Hall–Kier alpha value is -1.84. The predicted octanol–water partition coefficient (Wildman–Crippen LogP) is 1.88. The van der Waals surface area contributed by atoms with Crippen molar-refractivity contribution in [3.8, 4) is 0 Å². The fourth-order valence-electron chi connectivity index (χ4n) is 3.39. The second-order valence-electron chi connectivity index (χ2n) is 5.50. The molecule has 0 radical (unpaired) electrons. The van der Waals surface area contributed by atoms with Gasteiger partial charge in [0.1, 0.15) is 5.78 Å². The summed E-state index contributed by atoms with van der Waals surface area (Å²) in [6.07, 6.45) is 4.69. The van der Waals surface area contributed by atoms with E-state index >= 15 is 0 Å². The van der Waals surface area contributed by atoms with Crippen molar-refractivity contribution in [3.63, 3.8) is 0 Å². The Kier molecular flexibility index (Phi) is 3.01. The van der Waals surface area contributed by atoms with E-state index in [-0.39, 0.29) is 0 Å². The number of Topliss-reactive ketones (excluding diaryl/α,β-unsaturated/α-hetero) is 1. The summed E-state index contributed by atoms with van der Waals surface area (Å²) in [6.45, 7) is 0.